The molecule has 0 aromatic carbocycles. The molecule has 0 unspecified atom stereocenters. The number of aromatic hydroxyl groups is 1. The van der Waals surface area contributed by atoms with Gasteiger partial charge in [-0.3, -0.25) is 4.79 Å². The Morgan fingerprint density at radius 3 is 2.27 bits per heavy atom. The van der Waals surface area contributed by atoms with Crippen molar-refractivity contribution in [3.63, 3.8) is 0 Å². The van der Waals surface area contributed by atoms with E-state index < -0.39 is 17.1 Å². The molecule has 3 N–H and O–H groups in total. The van der Waals surface area contributed by atoms with Crippen LogP contribution in [0.15, 0.2) is 15.7 Å². The Labute approximate surface area is 58.9 Å². The summed E-state index contributed by atoms with van der Waals surface area (Å²) in [6.07, 6.45) is 0. The fourth-order valence-corrected chi connectivity index (χ4v) is 0.515. The highest BCUT2D eigenvalue weighted by molar-refractivity contribution is 5.03. The van der Waals surface area contributed by atoms with E-state index in [1.54, 1.807) is 0 Å². The van der Waals surface area contributed by atoms with Crippen molar-refractivity contribution in [1.82, 2.24) is 9.46 Å². The van der Waals surface area contributed by atoms with E-state index in [0.29, 0.717) is 6.07 Å². The topological polar surface area (TPSA) is 105 Å². The molecule has 0 aliphatic rings. The summed E-state index contributed by atoms with van der Waals surface area (Å²) in [5.41, 5.74) is -2.53. The van der Waals surface area contributed by atoms with Crippen molar-refractivity contribution in [3.05, 3.63) is 26.9 Å². The van der Waals surface area contributed by atoms with Gasteiger partial charge >= 0.3 is 5.69 Å². The van der Waals surface area contributed by atoms with Crippen molar-refractivity contribution < 1.29 is 15.5 Å². The Kier molecular flexibility index (Phi) is 1.34. The average molecular weight is 160 g/mol. The number of nitrogens with zero attached hydrogens (tertiary/aromatic N) is 2. The average Bonchev–Trinajstić information content (AvgIpc) is 1.97. The minimum absolute atomic E-state index is 0.263. The van der Waals surface area contributed by atoms with Crippen molar-refractivity contribution in [1.29, 1.82) is 0 Å². The predicted octanol–water partition coefficient (Wildman–Crippen LogP) is -1.81. The third-order valence-corrected chi connectivity index (χ3v) is 1.04. The summed E-state index contributed by atoms with van der Waals surface area (Å²) in [7, 11) is 0. The lowest BCUT2D eigenvalue weighted by Crippen LogP contribution is -2.36. The highest BCUT2D eigenvalue weighted by Crippen LogP contribution is 1.94. The zero-order valence-electron chi connectivity index (χ0n) is 5.13. The molecular formula is C4H4N2O5. The van der Waals surface area contributed by atoms with Crippen molar-refractivity contribution in [2.75, 3.05) is 0 Å². The summed E-state index contributed by atoms with van der Waals surface area (Å²) in [6, 6.07) is 0.487. The molecule has 7 nitrogen and oxygen atoms in total. The molecule has 0 bridgehead atoms. The van der Waals surface area contributed by atoms with Gasteiger partial charge in [-0.05, 0) is 0 Å². The van der Waals surface area contributed by atoms with Crippen molar-refractivity contribution in [2.45, 2.75) is 0 Å². The molecular weight excluding hydrogens is 156 g/mol. The summed E-state index contributed by atoms with van der Waals surface area (Å²) in [6.45, 7) is 0. The molecule has 0 fully saturated rings. The van der Waals surface area contributed by atoms with Gasteiger partial charge in [0.1, 0.15) is 0 Å². The summed E-state index contributed by atoms with van der Waals surface area (Å²) in [4.78, 5) is 20.9. The van der Waals surface area contributed by atoms with Crippen LogP contribution in [0, 0.1) is 0 Å². The van der Waals surface area contributed by atoms with E-state index in [0.717, 1.165) is 0 Å². The van der Waals surface area contributed by atoms with Crippen molar-refractivity contribution in [2.24, 2.45) is 0 Å². The van der Waals surface area contributed by atoms with Gasteiger partial charge in [-0.1, -0.05) is 9.46 Å². The molecule has 0 spiro atoms. The Hall–Kier alpha value is -1.92. The van der Waals surface area contributed by atoms with Crippen molar-refractivity contribution in [3.8, 4) is 5.88 Å². The van der Waals surface area contributed by atoms with Gasteiger partial charge in [0.05, 0.1) is 6.07 Å². The van der Waals surface area contributed by atoms with Crippen LogP contribution in [0.4, 0.5) is 0 Å². The summed E-state index contributed by atoms with van der Waals surface area (Å²) < 4.78 is -0.596. The molecule has 1 aromatic rings. The van der Waals surface area contributed by atoms with E-state index in [9.17, 15) is 9.59 Å². The van der Waals surface area contributed by atoms with Gasteiger partial charge in [0.15, 0.2) is 0 Å². The molecule has 0 saturated heterocycles. The number of aromatic nitrogens is 2. The molecule has 0 aliphatic heterocycles. The molecule has 0 amide bonds. The summed E-state index contributed by atoms with van der Waals surface area (Å²) in [5.74, 6) is -0.926. The van der Waals surface area contributed by atoms with E-state index in [1.165, 1.54) is 0 Å². The third-order valence-electron chi connectivity index (χ3n) is 1.04. The Morgan fingerprint density at radius 2 is 1.73 bits per heavy atom. The second-order valence-corrected chi connectivity index (χ2v) is 1.75. The van der Waals surface area contributed by atoms with Crippen LogP contribution in [0.5, 0.6) is 5.88 Å². The minimum atomic E-state index is -1.42. The van der Waals surface area contributed by atoms with Crippen LogP contribution in [-0.2, 0) is 0 Å². The van der Waals surface area contributed by atoms with Crippen LogP contribution in [0.1, 0.15) is 0 Å². The van der Waals surface area contributed by atoms with E-state index in [2.05, 4.69) is 0 Å². The van der Waals surface area contributed by atoms with E-state index >= 15 is 0 Å². The van der Waals surface area contributed by atoms with Crippen LogP contribution in [0.25, 0.3) is 0 Å². The van der Waals surface area contributed by atoms with E-state index in [4.69, 9.17) is 15.5 Å². The standard InChI is InChI=1S/C4H4N2O5/c7-2-1-3(8)6(11)4(9)5(2)10/h1,7,10-11H. The molecule has 1 rings (SSSR count). The molecule has 11 heavy (non-hydrogen) atoms. The Bertz CT molecular complexity index is 388. The number of hydrogen-bond donors (Lipinski definition) is 3. The first kappa shape index (κ1) is 7.19. The largest absolute Gasteiger partial charge is 0.492 e. The highest BCUT2D eigenvalue weighted by Gasteiger charge is 2.06. The summed E-state index contributed by atoms with van der Waals surface area (Å²) >= 11 is 0. The zero-order chi connectivity index (χ0) is 8.59. The smallest absolute Gasteiger partial charge is 0.400 e. The molecule has 0 atom stereocenters. The molecule has 0 radical (unpaired) electrons. The van der Waals surface area contributed by atoms with E-state index in [-0.39, 0.29) is 9.46 Å². The predicted molar refractivity (Wildman–Crippen MR) is 31.0 cm³/mol. The van der Waals surface area contributed by atoms with Crippen LogP contribution in [0.3, 0.4) is 0 Å². The SMILES string of the molecule is O=c1cc(O)n(O)c(=O)n1O. The quantitative estimate of drug-likeness (QED) is 0.388. The molecule has 1 aromatic heterocycles. The van der Waals surface area contributed by atoms with Gasteiger partial charge < -0.3 is 15.5 Å². The lowest BCUT2D eigenvalue weighted by Gasteiger charge is -1.98. The van der Waals surface area contributed by atoms with Crippen LogP contribution >= 0.6 is 0 Å². The van der Waals surface area contributed by atoms with Gasteiger partial charge in [-0.25, -0.2) is 4.79 Å². The van der Waals surface area contributed by atoms with Gasteiger partial charge in [-0.15, -0.1) is 0 Å². The first-order valence-electron chi connectivity index (χ1n) is 2.50. The van der Waals surface area contributed by atoms with Crippen LogP contribution in [-0.4, -0.2) is 25.0 Å². The Morgan fingerprint density at radius 1 is 1.18 bits per heavy atom. The second-order valence-electron chi connectivity index (χ2n) is 1.75. The van der Waals surface area contributed by atoms with Gasteiger partial charge in [0.25, 0.3) is 5.56 Å². The maximum Gasteiger partial charge on any atom is 0.400 e. The lowest BCUT2D eigenvalue weighted by molar-refractivity contribution is 0.0857. The second kappa shape index (κ2) is 2.04. The van der Waals surface area contributed by atoms with Crippen molar-refractivity contribution >= 4 is 0 Å². The Balaban J connectivity index is 3.74. The molecule has 0 saturated carbocycles. The maximum atomic E-state index is 10.5. The molecule has 60 valence electrons. The number of hydrogen-bond acceptors (Lipinski definition) is 5. The fraction of sp³-hybridized carbons (Fsp3) is 0. The molecule has 1 heterocycles. The van der Waals surface area contributed by atoms with Gasteiger partial charge in [0.2, 0.25) is 5.88 Å². The zero-order valence-corrected chi connectivity index (χ0v) is 5.13. The normalized spacial score (nSPS) is 9.82. The molecule has 7 heteroatoms. The highest BCUT2D eigenvalue weighted by atomic mass is 16.5. The first-order chi connectivity index (χ1) is 5.04. The monoisotopic (exact) mass is 160 g/mol. The third kappa shape index (κ3) is 0.914. The van der Waals surface area contributed by atoms with Crippen LogP contribution < -0.4 is 11.2 Å². The van der Waals surface area contributed by atoms with Gasteiger partial charge in [0, 0.05) is 0 Å². The number of rotatable bonds is 0. The van der Waals surface area contributed by atoms with Gasteiger partial charge in [-0.2, -0.15) is 0 Å². The van der Waals surface area contributed by atoms with Crippen LogP contribution in [0.2, 0.25) is 0 Å². The summed E-state index contributed by atoms with van der Waals surface area (Å²) in [5, 5.41) is 25.7. The fourth-order valence-electron chi connectivity index (χ4n) is 0.515. The van der Waals surface area contributed by atoms with E-state index in [1.807, 2.05) is 0 Å². The maximum absolute atomic E-state index is 10.5. The molecule has 0 aliphatic carbocycles. The first-order valence-corrected chi connectivity index (χ1v) is 2.50. The lowest BCUT2D eigenvalue weighted by atomic mass is 10.6. The minimum Gasteiger partial charge on any atom is -0.492 e.